The van der Waals surface area contributed by atoms with Crippen LogP contribution in [0.5, 0.6) is 0 Å². The van der Waals surface area contributed by atoms with E-state index in [0.29, 0.717) is 11.1 Å². The minimum Gasteiger partial charge on any atom is -0.508 e. The largest absolute Gasteiger partial charge is 0.508 e. The molecule has 4 heteroatoms. The summed E-state index contributed by atoms with van der Waals surface area (Å²) in [6.07, 6.45) is 7.50. The summed E-state index contributed by atoms with van der Waals surface area (Å²) >= 11 is 0. The van der Waals surface area contributed by atoms with Gasteiger partial charge in [0.1, 0.15) is 11.6 Å². The summed E-state index contributed by atoms with van der Waals surface area (Å²) in [5, 5.41) is 9.99. The van der Waals surface area contributed by atoms with Crippen LogP contribution in [0.3, 0.4) is 0 Å². The van der Waals surface area contributed by atoms with E-state index < -0.39 is 0 Å². The number of aliphatic hydroxyl groups is 1. The van der Waals surface area contributed by atoms with Gasteiger partial charge in [-0.05, 0) is 47.3 Å². The molecule has 1 aromatic heterocycles. The number of rotatable bonds is 4. The molecule has 2 aliphatic rings. The molecule has 0 aromatic carbocycles. The highest BCUT2D eigenvalue weighted by atomic mass is 19.1. The Hall–Kier alpha value is -2.75. The van der Waals surface area contributed by atoms with E-state index in [0.717, 1.165) is 35.6 Å². The molecule has 0 aliphatic carbocycles. The second kappa shape index (κ2) is 7.01. The summed E-state index contributed by atoms with van der Waals surface area (Å²) < 4.78 is 16.2. The second-order valence-electron chi connectivity index (χ2n) is 8.46. The van der Waals surface area contributed by atoms with Crippen molar-refractivity contribution in [2.24, 2.45) is 5.41 Å². The standard InChI is InChI=1S/C24H29FN2O/c1-8-18(25)11-17-12-22-21-10-15(3)19(16(4)28)13-27(21)23(24(5,6)7)14-26(22)20(17)9-2/h8,10-13,23,28H,1,3-4,9,14H2,2,5-7H3/b18-11+. The van der Waals surface area contributed by atoms with Crippen molar-refractivity contribution in [3.63, 3.8) is 0 Å². The SMILES string of the molecule is C=C/C(F)=C\c1cc2n(c1CC)CC(C(C)(C)C)N1C=C(C(=C)O)C(=C)C=C21. The molecule has 148 valence electrons. The van der Waals surface area contributed by atoms with Crippen molar-refractivity contribution >= 4 is 11.8 Å². The molecule has 28 heavy (non-hydrogen) atoms. The van der Waals surface area contributed by atoms with Gasteiger partial charge >= 0.3 is 0 Å². The van der Waals surface area contributed by atoms with Crippen LogP contribution in [0.2, 0.25) is 0 Å². The minimum atomic E-state index is -0.345. The minimum absolute atomic E-state index is 0.0137. The number of fused-ring (bicyclic) bond motifs is 3. The lowest BCUT2D eigenvalue weighted by atomic mass is 9.83. The molecule has 0 spiro atoms. The fourth-order valence-electron chi connectivity index (χ4n) is 4.04. The van der Waals surface area contributed by atoms with Crippen molar-refractivity contribution in [1.29, 1.82) is 0 Å². The Morgan fingerprint density at radius 3 is 2.61 bits per heavy atom. The van der Waals surface area contributed by atoms with E-state index in [-0.39, 0.29) is 23.0 Å². The molecule has 0 amide bonds. The summed E-state index contributed by atoms with van der Waals surface area (Å²) in [6.45, 7) is 20.8. The molecule has 0 fully saturated rings. The molecule has 0 saturated carbocycles. The van der Waals surface area contributed by atoms with Crippen molar-refractivity contribution in [3.05, 3.63) is 83.8 Å². The van der Waals surface area contributed by atoms with Crippen LogP contribution >= 0.6 is 0 Å². The second-order valence-corrected chi connectivity index (χ2v) is 8.46. The molecule has 0 saturated heterocycles. The van der Waals surface area contributed by atoms with Crippen LogP contribution in [0.25, 0.3) is 11.8 Å². The topological polar surface area (TPSA) is 28.4 Å². The highest BCUT2D eigenvalue weighted by molar-refractivity contribution is 5.75. The molecule has 1 atom stereocenters. The van der Waals surface area contributed by atoms with Gasteiger partial charge < -0.3 is 14.6 Å². The molecule has 3 heterocycles. The quantitative estimate of drug-likeness (QED) is 0.502. The molecule has 3 rings (SSSR count). The molecule has 0 bridgehead atoms. The highest BCUT2D eigenvalue weighted by Gasteiger charge is 2.39. The Kier molecular flexibility index (Phi) is 5.00. The zero-order valence-electron chi connectivity index (χ0n) is 17.2. The first kappa shape index (κ1) is 20.0. The third-order valence-electron chi connectivity index (χ3n) is 5.53. The summed E-state index contributed by atoms with van der Waals surface area (Å²) in [6, 6.07) is 2.19. The third-order valence-corrected chi connectivity index (χ3v) is 5.53. The van der Waals surface area contributed by atoms with Crippen LogP contribution in [0.15, 0.2) is 66.9 Å². The maximum Gasteiger partial charge on any atom is 0.123 e. The summed E-state index contributed by atoms with van der Waals surface area (Å²) in [5.41, 5.74) is 5.35. The Labute approximate surface area is 167 Å². The molecule has 2 aliphatic heterocycles. The number of hydrogen-bond donors (Lipinski definition) is 1. The zero-order valence-corrected chi connectivity index (χ0v) is 17.2. The molecule has 3 nitrogen and oxygen atoms in total. The molecule has 0 radical (unpaired) electrons. The van der Waals surface area contributed by atoms with E-state index >= 15 is 0 Å². The fourth-order valence-corrected chi connectivity index (χ4v) is 4.04. The van der Waals surface area contributed by atoms with E-state index in [1.54, 1.807) is 6.08 Å². The lowest BCUT2D eigenvalue weighted by molar-refractivity contribution is 0.160. The Bertz CT molecular complexity index is 950. The van der Waals surface area contributed by atoms with Gasteiger partial charge in [-0.2, -0.15) is 0 Å². The van der Waals surface area contributed by atoms with Gasteiger partial charge in [-0.25, -0.2) is 4.39 Å². The van der Waals surface area contributed by atoms with Gasteiger partial charge in [-0.15, -0.1) is 0 Å². The molecule has 1 unspecified atom stereocenters. The fraction of sp³-hybridized carbons (Fsp3) is 0.333. The van der Waals surface area contributed by atoms with E-state index in [1.807, 2.05) is 18.3 Å². The summed E-state index contributed by atoms with van der Waals surface area (Å²) in [4.78, 5) is 2.21. The average molecular weight is 381 g/mol. The van der Waals surface area contributed by atoms with Crippen molar-refractivity contribution in [1.82, 2.24) is 9.47 Å². The van der Waals surface area contributed by atoms with Gasteiger partial charge in [0.25, 0.3) is 0 Å². The molecular weight excluding hydrogens is 351 g/mol. The van der Waals surface area contributed by atoms with Gasteiger partial charge in [0, 0.05) is 24.0 Å². The van der Waals surface area contributed by atoms with Crippen LogP contribution < -0.4 is 0 Å². The van der Waals surface area contributed by atoms with Gasteiger partial charge in [-0.1, -0.05) is 47.4 Å². The lowest BCUT2D eigenvalue weighted by Crippen LogP contribution is -2.47. The number of allylic oxidation sites excluding steroid dienone is 4. The summed E-state index contributed by atoms with van der Waals surface area (Å²) in [5.74, 6) is -0.331. The Balaban J connectivity index is 2.24. The maximum atomic E-state index is 13.9. The van der Waals surface area contributed by atoms with Crippen LogP contribution in [-0.4, -0.2) is 20.6 Å². The molecule has 1 N–H and O–H groups in total. The number of aliphatic hydroxyl groups excluding tert-OH is 1. The highest BCUT2D eigenvalue weighted by Crippen LogP contribution is 2.43. The number of nitrogens with zero attached hydrogens (tertiary/aromatic N) is 2. The first-order chi connectivity index (χ1) is 13.1. The smallest absolute Gasteiger partial charge is 0.123 e. The van der Waals surface area contributed by atoms with Crippen molar-refractivity contribution < 1.29 is 9.50 Å². The number of halogens is 1. The third kappa shape index (κ3) is 3.28. The van der Waals surface area contributed by atoms with E-state index in [9.17, 15) is 9.50 Å². The summed E-state index contributed by atoms with van der Waals surface area (Å²) in [7, 11) is 0. The van der Waals surface area contributed by atoms with Crippen molar-refractivity contribution in [3.8, 4) is 0 Å². The van der Waals surface area contributed by atoms with E-state index in [2.05, 4.69) is 56.9 Å². The van der Waals surface area contributed by atoms with Crippen LogP contribution in [-0.2, 0) is 13.0 Å². The first-order valence-corrected chi connectivity index (χ1v) is 9.60. The Morgan fingerprint density at radius 2 is 2.07 bits per heavy atom. The number of aromatic nitrogens is 1. The predicted octanol–water partition coefficient (Wildman–Crippen LogP) is 6.14. The van der Waals surface area contributed by atoms with Crippen LogP contribution in [0.4, 0.5) is 4.39 Å². The van der Waals surface area contributed by atoms with Gasteiger partial charge in [0.05, 0.1) is 17.4 Å². The monoisotopic (exact) mass is 380 g/mol. The Morgan fingerprint density at radius 1 is 1.39 bits per heavy atom. The zero-order chi connectivity index (χ0) is 20.8. The van der Waals surface area contributed by atoms with Crippen molar-refractivity contribution in [2.75, 3.05) is 0 Å². The number of hydrogen-bond acceptors (Lipinski definition) is 2. The van der Waals surface area contributed by atoms with Crippen LogP contribution in [0.1, 0.15) is 44.6 Å². The van der Waals surface area contributed by atoms with E-state index in [1.165, 1.54) is 6.08 Å². The van der Waals surface area contributed by atoms with Gasteiger partial charge in [-0.3, -0.25) is 0 Å². The molecule has 1 aromatic rings. The lowest BCUT2D eigenvalue weighted by Gasteiger charge is -2.47. The first-order valence-electron chi connectivity index (χ1n) is 9.60. The maximum absolute atomic E-state index is 13.9. The van der Waals surface area contributed by atoms with Crippen molar-refractivity contribution in [2.45, 2.75) is 46.7 Å². The van der Waals surface area contributed by atoms with E-state index in [4.69, 9.17) is 0 Å². The average Bonchev–Trinajstić information content (AvgIpc) is 2.96. The molecular formula is C24H29FN2O. The normalized spacial score (nSPS) is 19.6. The van der Waals surface area contributed by atoms with Gasteiger partial charge in [0.15, 0.2) is 0 Å². The van der Waals surface area contributed by atoms with Gasteiger partial charge in [0.2, 0.25) is 0 Å². The predicted molar refractivity (Wildman–Crippen MR) is 115 cm³/mol. The van der Waals surface area contributed by atoms with Crippen LogP contribution in [0, 0.1) is 5.41 Å².